The van der Waals surface area contributed by atoms with Crippen molar-refractivity contribution in [1.82, 2.24) is 4.98 Å². The molecule has 3 nitrogen and oxygen atoms in total. The Morgan fingerprint density at radius 1 is 1.10 bits per heavy atom. The highest BCUT2D eigenvalue weighted by atomic mass is 16.3. The van der Waals surface area contributed by atoms with E-state index < -0.39 is 6.10 Å². The van der Waals surface area contributed by atoms with Crippen LogP contribution in [0, 0.1) is 6.92 Å². The number of aryl methyl sites for hydroxylation is 1. The van der Waals surface area contributed by atoms with Gasteiger partial charge in [0.25, 0.3) is 0 Å². The van der Waals surface area contributed by atoms with Crippen LogP contribution in [0.3, 0.4) is 0 Å². The first-order valence-corrected chi connectivity index (χ1v) is 7.60. The number of benzene rings is 1. The molecule has 1 heterocycles. The Morgan fingerprint density at radius 3 is 2.52 bits per heavy atom. The van der Waals surface area contributed by atoms with E-state index in [1.54, 1.807) is 0 Å². The van der Waals surface area contributed by atoms with Crippen molar-refractivity contribution in [1.29, 1.82) is 0 Å². The topological polar surface area (TPSA) is 36.4 Å². The molecule has 2 rings (SSSR count). The summed E-state index contributed by atoms with van der Waals surface area (Å²) in [5, 5.41) is 10.2. The fourth-order valence-electron chi connectivity index (χ4n) is 2.53. The third-order valence-corrected chi connectivity index (χ3v) is 3.70. The molecule has 0 unspecified atom stereocenters. The van der Waals surface area contributed by atoms with Crippen molar-refractivity contribution < 1.29 is 5.11 Å². The molecule has 0 saturated heterocycles. The molecule has 1 aromatic heterocycles. The number of hydrogen-bond acceptors (Lipinski definition) is 3. The first-order valence-electron chi connectivity index (χ1n) is 7.60. The van der Waals surface area contributed by atoms with Gasteiger partial charge in [0.15, 0.2) is 0 Å². The first-order chi connectivity index (χ1) is 10.2. The highest BCUT2D eigenvalue weighted by Crippen LogP contribution is 2.28. The molecule has 1 atom stereocenters. The van der Waals surface area contributed by atoms with Gasteiger partial charge in [0.2, 0.25) is 0 Å². The summed E-state index contributed by atoms with van der Waals surface area (Å²) in [4.78, 5) is 6.84. The monoisotopic (exact) mass is 284 g/mol. The quantitative estimate of drug-likeness (QED) is 0.875. The Kier molecular flexibility index (Phi) is 5.34. The Hall–Kier alpha value is -1.87. The standard InChI is InChI=1S/C18H24N2O/c1-4-18(21)16-11-6-7-12-17(16)20(5-2)13-15-10-8-9-14(3)19-15/h6-12,18,21H,4-5,13H2,1-3H3/t18-/m1/s1. The minimum absolute atomic E-state index is 0.416. The second-order valence-electron chi connectivity index (χ2n) is 5.27. The van der Waals surface area contributed by atoms with Crippen molar-refractivity contribution in [2.45, 2.75) is 39.8 Å². The van der Waals surface area contributed by atoms with Gasteiger partial charge in [-0.1, -0.05) is 31.2 Å². The zero-order chi connectivity index (χ0) is 15.2. The van der Waals surface area contributed by atoms with Crippen molar-refractivity contribution in [2.24, 2.45) is 0 Å². The maximum atomic E-state index is 10.2. The number of aliphatic hydroxyl groups excluding tert-OH is 1. The van der Waals surface area contributed by atoms with Gasteiger partial charge < -0.3 is 10.0 Å². The van der Waals surface area contributed by atoms with Crippen LogP contribution < -0.4 is 4.90 Å². The number of anilines is 1. The summed E-state index contributed by atoms with van der Waals surface area (Å²) in [6, 6.07) is 14.2. The normalized spacial score (nSPS) is 12.2. The molecule has 0 aliphatic rings. The van der Waals surface area contributed by atoms with Gasteiger partial charge in [-0.05, 0) is 38.5 Å². The van der Waals surface area contributed by atoms with Crippen LogP contribution >= 0.6 is 0 Å². The van der Waals surface area contributed by atoms with Gasteiger partial charge in [-0.3, -0.25) is 4.98 Å². The van der Waals surface area contributed by atoms with Crippen LogP contribution in [0.1, 0.15) is 43.3 Å². The Labute approximate surface area is 127 Å². The number of aliphatic hydroxyl groups is 1. The molecule has 0 aliphatic carbocycles. The lowest BCUT2D eigenvalue weighted by Gasteiger charge is -2.27. The number of rotatable bonds is 6. The average Bonchev–Trinajstić information content (AvgIpc) is 2.52. The summed E-state index contributed by atoms with van der Waals surface area (Å²) in [6.07, 6.45) is 0.304. The predicted octanol–water partition coefficient (Wildman–Crippen LogP) is 3.86. The highest BCUT2D eigenvalue weighted by Gasteiger charge is 2.15. The van der Waals surface area contributed by atoms with E-state index >= 15 is 0 Å². The molecule has 1 N–H and O–H groups in total. The van der Waals surface area contributed by atoms with E-state index in [0.717, 1.165) is 42.1 Å². The molecule has 0 fully saturated rings. The molecule has 2 aromatic rings. The molecule has 112 valence electrons. The molecular formula is C18H24N2O. The third-order valence-electron chi connectivity index (χ3n) is 3.70. The molecular weight excluding hydrogens is 260 g/mol. The zero-order valence-electron chi connectivity index (χ0n) is 13.1. The fraction of sp³-hybridized carbons (Fsp3) is 0.389. The zero-order valence-corrected chi connectivity index (χ0v) is 13.1. The lowest BCUT2D eigenvalue weighted by Crippen LogP contribution is -2.24. The van der Waals surface area contributed by atoms with Crippen molar-refractivity contribution in [3.63, 3.8) is 0 Å². The van der Waals surface area contributed by atoms with E-state index in [1.165, 1.54) is 0 Å². The molecule has 0 saturated carbocycles. The molecule has 0 radical (unpaired) electrons. The summed E-state index contributed by atoms with van der Waals surface area (Å²) in [6.45, 7) is 7.77. The smallest absolute Gasteiger partial charge is 0.0807 e. The van der Waals surface area contributed by atoms with Gasteiger partial charge in [0, 0.05) is 23.5 Å². The Balaban J connectivity index is 2.29. The Bertz CT molecular complexity index is 583. The summed E-state index contributed by atoms with van der Waals surface area (Å²) < 4.78 is 0. The summed E-state index contributed by atoms with van der Waals surface area (Å²) in [5.74, 6) is 0. The van der Waals surface area contributed by atoms with Crippen molar-refractivity contribution in [3.05, 3.63) is 59.4 Å². The van der Waals surface area contributed by atoms with Gasteiger partial charge in [0.1, 0.15) is 0 Å². The summed E-state index contributed by atoms with van der Waals surface area (Å²) >= 11 is 0. The lowest BCUT2D eigenvalue weighted by molar-refractivity contribution is 0.174. The predicted molar refractivity (Wildman–Crippen MR) is 87.4 cm³/mol. The number of pyridine rings is 1. The number of para-hydroxylation sites is 1. The van der Waals surface area contributed by atoms with Crippen LogP contribution in [-0.2, 0) is 6.54 Å². The second kappa shape index (κ2) is 7.23. The third kappa shape index (κ3) is 3.82. The molecule has 0 spiro atoms. The van der Waals surface area contributed by atoms with Gasteiger partial charge >= 0.3 is 0 Å². The maximum absolute atomic E-state index is 10.2. The average molecular weight is 284 g/mol. The van der Waals surface area contributed by atoms with Crippen molar-refractivity contribution >= 4 is 5.69 Å². The molecule has 0 bridgehead atoms. The Morgan fingerprint density at radius 2 is 1.86 bits per heavy atom. The maximum Gasteiger partial charge on any atom is 0.0807 e. The molecule has 0 aliphatic heterocycles. The number of nitrogens with zero attached hydrogens (tertiary/aromatic N) is 2. The van der Waals surface area contributed by atoms with Crippen LogP contribution in [0.5, 0.6) is 0 Å². The molecule has 3 heteroatoms. The van der Waals surface area contributed by atoms with Crippen LogP contribution in [-0.4, -0.2) is 16.6 Å². The lowest BCUT2D eigenvalue weighted by atomic mass is 10.0. The van der Waals surface area contributed by atoms with Gasteiger partial charge in [0.05, 0.1) is 18.3 Å². The minimum Gasteiger partial charge on any atom is -0.388 e. The van der Waals surface area contributed by atoms with Crippen molar-refractivity contribution in [2.75, 3.05) is 11.4 Å². The largest absolute Gasteiger partial charge is 0.388 e. The summed E-state index contributed by atoms with van der Waals surface area (Å²) in [7, 11) is 0. The van der Waals surface area contributed by atoms with Gasteiger partial charge in [-0.25, -0.2) is 0 Å². The molecule has 21 heavy (non-hydrogen) atoms. The van der Waals surface area contributed by atoms with Crippen molar-refractivity contribution in [3.8, 4) is 0 Å². The molecule has 0 amide bonds. The van der Waals surface area contributed by atoms with Gasteiger partial charge in [-0.2, -0.15) is 0 Å². The van der Waals surface area contributed by atoms with Crippen LogP contribution in [0.2, 0.25) is 0 Å². The molecule has 1 aromatic carbocycles. The van der Waals surface area contributed by atoms with E-state index in [-0.39, 0.29) is 0 Å². The SMILES string of the molecule is CC[C@@H](O)c1ccccc1N(CC)Cc1cccc(C)n1. The first kappa shape index (κ1) is 15.5. The van der Waals surface area contributed by atoms with E-state index in [2.05, 4.69) is 28.9 Å². The van der Waals surface area contributed by atoms with E-state index in [1.807, 2.05) is 44.2 Å². The van der Waals surface area contributed by atoms with E-state index in [0.29, 0.717) is 0 Å². The number of aromatic nitrogens is 1. The summed E-state index contributed by atoms with van der Waals surface area (Å²) in [5.41, 5.74) is 4.18. The number of hydrogen-bond donors (Lipinski definition) is 1. The van der Waals surface area contributed by atoms with Gasteiger partial charge in [-0.15, -0.1) is 0 Å². The van der Waals surface area contributed by atoms with E-state index in [4.69, 9.17) is 0 Å². The van der Waals surface area contributed by atoms with Crippen LogP contribution in [0.15, 0.2) is 42.5 Å². The minimum atomic E-state index is -0.416. The van der Waals surface area contributed by atoms with E-state index in [9.17, 15) is 5.11 Å². The highest BCUT2D eigenvalue weighted by molar-refractivity contribution is 5.54. The van der Waals surface area contributed by atoms with Crippen LogP contribution in [0.25, 0.3) is 0 Å². The fourth-order valence-corrected chi connectivity index (χ4v) is 2.53. The second-order valence-corrected chi connectivity index (χ2v) is 5.27. The van der Waals surface area contributed by atoms with Crippen LogP contribution in [0.4, 0.5) is 5.69 Å².